The van der Waals surface area contributed by atoms with Crippen LogP contribution < -0.4 is 5.32 Å². The van der Waals surface area contributed by atoms with Gasteiger partial charge >= 0.3 is 0 Å². The van der Waals surface area contributed by atoms with Crippen LogP contribution in [0.1, 0.15) is 12.0 Å². The molecule has 1 aliphatic heterocycles. The normalized spacial score (nSPS) is 19.7. The van der Waals surface area contributed by atoms with Crippen molar-refractivity contribution in [1.29, 1.82) is 0 Å². The summed E-state index contributed by atoms with van der Waals surface area (Å²) in [4.78, 5) is 24.2. The summed E-state index contributed by atoms with van der Waals surface area (Å²) in [5.74, 6) is -0.382. The Bertz CT molecular complexity index is 505. The number of hydrogen-bond donors (Lipinski definition) is 1. The second-order valence-electron chi connectivity index (χ2n) is 4.14. The molecule has 2 rings (SSSR count). The van der Waals surface area contributed by atoms with Crippen molar-refractivity contribution in [3.63, 3.8) is 0 Å². The quantitative estimate of drug-likeness (QED) is 0.863. The lowest BCUT2D eigenvalue weighted by Gasteiger charge is -2.12. The molecule has 4 nitrogen and oxygen atoms in total. The van der Waals surface area contributed by atoms with Crippen LogP contribution in [0.3, 0.4) is 0 Å². The van der Waals surface area contributed by atoms with E-state index in [0.717, 1.165) is 10.5 Å². The number of amides is 2. The summed E-state index contributed by atoms with van der Waals surface area (Å²) in [6.45, 7) is 0.400. The van der Waals surface area contributed by atoms with Gasteiger partial charge in [-0.25, -0.2) is 0 Å². The van der Waals surface area contributed by atoms with Gasteiger partial charge in [0.05, 0.1) is 22.5 Å². The minimum atomic E-state index is -0.474. The lowest BCUT2D eigenvalue weighted by atomic mass is 10.2. The van der Waals surface area contributed by atoms with Crippen LogP contribution in [0, 0.1) is 0 Å². The number of carbonyl (C=O) groups excluding carboxylic acids is 2. The zero-order valence-electron chi connectivity index (χ0n) is 9.74. The van der Waals surface area contributed by atoms with E-state index in [9.17, 15) is 9.59 Å². The predicted octanol–water partition coefficient (Wildman–Crippen LogP) is 1.84. The topological polar surface area (TPSA) is 49.4 Å². The zero-order valence-corrected chi connectivity index (χ0v) is 11.3. The fraction of sp³-hybridized carbons (Fsp3) is 0.333. The van der Waals surface area contributed by atoms with E-state index in [-0.39, 0.29) is 18.2 Å². The molecule has 6 heteroatoms. The molecule has 0 aromatic heterocycles. The first-order chi connectivity index (χ1) is 8.50. The maximum atomic E-state index is 11.7. The Balaban J connectivity index is 2.03. The Morgan fingerprint density at radius 3 is 2.72 bits per heavy atom. The lowest BCUT2D eigenvalue weighted by Crippen LogP contribution is -2.36. The standard InChI is InChI=1S/C12H12Cl2N2O2/c1-16-10(17)5-9(12(16)18)15-6-7-3-2-4-8(13)11(7)14/h2-4,9,15H,5-6H2,1H3. The molecule has 0 aliphatic carbocycles. The Morgan fingerprint density at radius 1 is 1.39 bits per heavy atom. The molecule has 96 valence electrons. The van der Waals surface area contributed by atoms with E-state index < -0.39 is 6.04 Å². The largest absolute Gasteiger partial charge is 0.301 e. The monoisotopic (exact) mass is 286 g/mol. The van der Waals surface area contributed by atoms with Crippen LogP contribution in [-0.4, -0.2) is 29.8 Å². The minimum absolute atomic E-state index is 0.172. The molecule has 1 aromatic carbocycles. The SMILES string of the molecule is CN1C(=O)CC(NCc2cccc(Cl)c2Cl)C1=O. The van der Waals surface area contributed by atoms with Gasteiger partial charge in [-0.2, -0.15) is 0 Å². The highest BCUT2D eigenvalue weighted by Gasteiger charge is 2.35. The molecule has 2 amide bonds. The number of benzene rings is 1. The zero-order chi connectivity index (χ0) is 13.3. The van der Waals surface area contributed by atoms with E-state index >= 15 is 0 Å². The average molecular weight is 287 g/mol. The number of hydrogen-bond acceptors (Lipinski definition) is 3. The number of nitrogens with one attached hydrogen (secondary N) is 1. The van der Waals surface area contributed by atoms with E-state index in [0.29, 0.717) is 16.6 Å². The fourth-order valence-corrected chi connectivity index (χ4v) is 2.22. The second kappa shape index (κ2) is 5.26. The molecule has 1 aliphatic rings. The highest BCUT2D eigenvalue weighted by Crippen LogP contribution is 2.25. The van der Waals surface area contributed by atoms with E-state index in [1.165, 1.54) is 7.05 Å². The molecule has 0 bridgehead atoms. The molecule has 1 fully saturated rings. The van der Waals surface area contributed by atoms with Crippen molar-refractivity contribution >= 4 is 35.0 Å². The van der Waals surface area contributed by atoms with Crippen LogP contribution in [0.2, 0.25) is 10.0 Å². The summed E-state index contributed by atoms with van der Waals surface area (Å²) in [6, 6.07) is 4.84. The molecule has 1 heterocycles. The molecule has 0 saturated carbocycles. The van der Waals surface area contributed by atoms with Gasteiger partial charge in [0.2, 0.25) is 11.8 Å². The van der Waals surface area contributed by atoms with Gasteiger partial charge in [-0.05, 0) is 11.6 Å². The van der Waals surface area contributed by atoms with Crippen LogP contribution >= 0.6 is 23.2 Å². The summed E-state index contributed by atoms with van der Waals surface area (Å²) in [5, 5.41) is 3.96. The third-order valence-corrected chi connectivity index (χ3v) is 3.81. The van der Waals surface area contributed by atoms with Gasteiger partial charge in [0.25, 0.3) is 0 Å². The van der Waals surface area contributed by atoms with Crippen LogP contribution in [0.4, 0.5) is 0 Å². The van der Waals surface area contributed by atoms with Gasteiger partial charge in [-0.3, -0.25) is 14.5 Å². The number of halogens is 2. The van der Waals surface area contributed by atoms with Crippen molar-refractivity contribution in [2.24, 2.45) is 0 Å². The molecule has 1 atom stereocenters. The highest BCUT2D eigenvalue weighted by molar-refractivity contribution is 6.42. The maximum absolute atomic E-state index is 11.7. The molecule has 1 saturated heterocycles. The molecule has 0 spiro atoms. The van der Waals surface area contributed by atoms with Gasteiger partial charge in [0, 0.05) is 13.6 Å². The minimum Gasteiger partial charge on any atom is -0.301 e. The van der Waals surface area contributed by atoms with E-state index in [2.05, 4.69) is 5.32 Å². The van der Waals surface area contributed by atoms with Crippen molar-refractivity contribution < 1.29 is 9.59 Å². The van der Waals surface area contributed by atoms with E-state index in [1.54, 1.807) is 12.1 Å². The molecule has 1 aromatic rings. The number of likely N-dealkylation sites (N-methyl/N-ethyl adjacent to an activating group) is 1. The van der Waals surface area contributed by atoms with Gasteiger partial charge in [-0.1, -0.05) is 35.3 Å². The van der Waals surface area contributed by atoms with Gasteiger partial charge in [0.1, 0.15) is 0 Å². The van der Waals surface area contributed by atoms with Crippen molar-refractivity contribution in [3.8, 4) is 0 Å². The first kappa shape index (κ1) is 13.3. The molecule has 1 N–H and O–H groups in total. The van der Waals surface area contributed by atoms with Crippen LogP contribution in [0.5, 0.6) is 0 Å². The molecular formula is C12H12Cl2N2O2. The summed E-state index contributed by atoms with van der Waals surface area (Å²) in [7, 11) is 1.48. The summed E-state index contributed by atoms with van der Waals surface area (Å²) in [5.41, 5.74) is 0.805. The van der Waals surface area contributed by atoms with Gasteiger partial charge in [-0.15, -0.1) is 0 Å². The average Bonchev–Trinajstić information content (AvgIpc) is 2.59. The molecule has 1 unspecified atom stereocenters. The van der Waals surface area contributed by atoms with E-state index in [1.807, 2.05) is 6.07 Å². The Kier molecular flexibility index (Phi) is 3.90. The smallest absolute Gasteiger partial charge is 0.246 e. The third kappa shape index (κ3) is 2.51. The maximum Gasteiger partial charge on any atom is 0.246 e. The first-order valence-electron chi connectivity index (χ1n) is 5.47. The number of likely N-dealkylation sites (tertiary alicyclic amines) is 1. The van der Waals surface area contributed by atoms with Crippen molar-refractivity contribution in [1.82, 2.24) is 10.2 Å². The van der Waals surface area contributed by atoms with Gasteiger partial charge < -0.3 is 5.32 Å². The van der Waals surface area contributed by atoms with Crippen molar-refractivity contribution in [2.45, 2.75) is 19.0 Å². The number of imide groups is 1. The number of rotatable bonds is 3. The Labute approximate surface area is 115 Å². The Morgan fingerprint density at radius 2 is 2.11 bits per heavy atom. The van der Waals surface area contributed by atoms with Crippen LogP contribution in [0.15, 0.2) is 18.2 Å². The fourth-order valence-electron chi connectivity index (χ4n) is 1.83. The van der Waals surface area contributed by atoms with Crippen LogP contribution in [0.25, 0.3) is 0 Å². The second-order valence-corrected chi connectivity index (χ2v) is 4.93. The predicted molar refractivity (Wildman–Crippen MR) is 69.5 cm³/mol. The van der Waals surface area contributed by atoms with E-state index in [4.69, 9.17) is 23.2 Å². The summed E-state index contributed by atoms with van der Waals surface area (Å²) < 4.78 is 0. The number of nitrogens with zero attached hydrogens (tertiary/aromatic N) is 1. The first-order valence-corrected chi connectivity index (χ1v) is 6.23. The van der Waals surface area contributed by atoms with Gasteiger partial charge in [0.15, 0.2) is 0 Å². The summed E-state index contributed by atoms with van der Waals surface area (Å²) in [6.07, 6.45) is 0.188. The lowest BCUT2D eigenvalue weighted by molar-refractivity contribution is -0.137. The Hall–Kier alpha value is -1.10. The molecule has 0 radical (unpaired) electrons. The third-order valence-electron chi connectivity index (χ3n) is 2.95. The van der Waals surface area contributed by atoms with Crippen LogP contribution in [-0.2, 0) is 16.1 Å². The summed E-state index contributed by atoms with van der Waals surface area (Å²) >= 11 is 11.9. The van der Waals surface area contributed by atoms with Crippen molar-refractivity contribution in [3.05, 3.63) is 33.8 Å². The van der Waals surface area contributed by atoms with Crippen molar-refractivity contribution in [2.75, 3.05) is 7.05 Å². The molecule has 18 heavy (non-hydrogen) atoms. The number of carbonyl (C=O) groups is 2. The highest BCUT2D eigenvalue weighted by atomic mass is 35.5. The molecular weight excluding hydrogens is 275 g/mol.